The smallest absolute Gasteiger partial charge is 0.731 e. The van der Waals surface area contributed by atoms with Gasteiger partial charge in [0.25, 0.3) is 11.8 Å². The summed E-state index contributed by atoms with van der Waals surface area (Å²) in [6.45, 7) is -1.02. The van der Waals surface area contributed by atoms with Crippen molar-refractivity contribution in [3.8, 4) is 0 Å². The second-order valence-corrected chi connectivity index (χ2v) is 7.31. The number of esters is 1. The number of thiazole rings is 1. The molecule has 0 aliphatic carbocycles. The Morgan fingerprint density at radius 1 is 1.39 bits per heavy atom. The van der Waals surface area contributed by atoms with Crippen molar-refractivity contribution in [3.05, 3.63) is 11.1 Å². The van der Waals surface area contributed by atoms with Crippen molar-refractivity contribution in [2.24, 2.45) is 5.16 Å². The van der Waals surface area contributed by atoms with Crippen molar-refractivity contribution >= 4 is 56.2 Å². The summed E-state index contributed by atoms with van der Waals surface area (Å²) in [6, 6.07) is -3.72. The fourth-order valence-electron chi connectivity index (χ4n) is 2.17. The molecule has 1 fully saturated rings. The molecule has 31 heavy (non-hydrogen) atoms. The summed E-state index contributed by atoms with van der Waals surface area (Å²) in [5.74, 6) is -5.53. The van der Waals surface area contributed by atoms with E-state index >= 15 is 0 Å². The third-order valence-corrected chi connectivity index (χ3v) is 4.90. The predicted molar refractivity (Wildman–Crippen MR) is 88.3 cm³/mol. The van der Waals surface area contributed by atoms with Gasteiger partial charge in [-0.3, -0.25) is 9.59 Å². The van der Waals surface area contributed by atoms with Crippen LogP contribution in [0.3, 0.4) is 0 Å². The molecular formula is C12H11N5Na2O10S2. The predicted octanol–water partition coefficient (Wildman–Crippen LogP) is -10.5. The number of anilines is 1. The van der Waals surface area contributed by atoms with Crippen LogP contribution in [0.15, 0.2) is 10.5 Å². The summed E-state index contributed by atoms with van der Waals surface area (Å²) in [6.07, 6.45) is 0. The number of β-lactam (4-membered cyclic amide) rings is 1. The van der Waals surface area contributed by atoms with E-state index in [0.29, 0.717) is 0 Å². The molecule has 2 atom stereocenters. The first kappa shape index (κ1) is 29.7. The monoisotopic (exact) mass is 495 g/mol. The third-order valence-electron chi connectivity index (χ3n) is 3.34. The number of amides is 2. The largest absolute Gasteiger partial charge is 1.00 e. The molecule has 19 heteroatoms. The maximum atomic E-state index is 12.5. The van der Waals surface area contributed by atoms with Crippen LogP contribution >= 0.6 is 11.3 Å². The van der Waals surface area contributed by atoms with Gasteiger partial charge in [-0.15, -0.1) is 11.3 Å². The molecule has 0 saturated carbocycles. The van der Waals surface area contributed by atoms with Crippen LogP contribution in [0.2, 0.25) is 0 Å². The number of nitrogens with two attached hydrogens (primary N) is 1. The molecule has 0 unspecified atom stereocenters. The number of aromatic nitrogens is 1. The number of oxime groups is 1. The number of carbonyl (C=O) groups is 4. The van der Waals surface area contributed by atoms with Crippen LogP contribution < -0.4 is 75.3 Å². The molecule has 158 valence electrons. The van der Waals surface area contributed by atoms with E-state index in [2.05, 4.69) is 19.7 Å². The van der Waals surface area contributed by atoms with E-state index in [1.165, 1.54) is 5.38 Å². The van der Waals surface area contributed by atoms with Crippen molar-refractivity contribution < 1.29 is 106 Å². The molecule has 15 nitrogen and oxygen atoms in total. The van der Waals surface area contributed by atoms with Crippen LogP contribution in [0, 0.1) is 0 Å². The number of carboxylic acids is 1. The number of methoxy groups -OCH3 is 1. The van der Waals surface area contributed by atoms with E-state index in [1.807, 2.05) is 5.32 Å². The Bertz CT molecular complexity index is 998. The zero-order valence-electron chi connectivity index (χ0n) is 16.3. The van der Waals surface area contributed by atoms with Gasteiger partial charge >= 0.3 is 65.1 Å². The van der Waals surface area contributed by atoms with Crippen molar-refractivity contribution in [3.63, 3.8) is 0 Å². The molecule has 3 N–H and O–H groups in total. The molecule has 0 bridgehead atoms. The second kappa shape index (κ2) is 12.1. The van der Waals surface area contributed by atoms with E-state index < -0.39 is 58.5 Å². The number of aliphatic carboxylic acids is 1. The van der Waals surface area contributed by atoms with Crippen molar-refractivity contribution in [2.75, 3.05) is 19.5 Å². The van der Waals surface area contributed by atoms with E-state index in [9.17, 15) is 37.3 Å². The van der Waals surface area contributed by atoms with Gasteiger partial charge in [0.1, 0.15) is 11.7 Å². The minimum Gasteiger partial charge on any atom is -0.731 e. The van der Waals surface area contributed by atoms with Gasteiger partial charge in [0.2, 0.25) is 0 Å². The summed E-state index contributed by atoms with van der Waals surface area (Å²) in [7, 11) is -4.48. The number of ether oxygens (including phenoxy) is 1. The van der Waals surface area contributed by atoms with Crippen LogP contribution in [0.25, 0.3) is 0 Å². The molecule has 1 aliphatic rings. The quantitative estimate of drug-likeness (QED) is 0.0854. The molecule has 2 heterocycles. The number of carbonyl (C=O) groups excluding carboxylic acids is 4. The van der Waals surface area contributed by atoms with Gasteiger partial charge in [0.15, 0.2) is 33.8 Å². The van der Waals surface area contributed by atoms with Gasteiger partial charge in [-0.2, -0.15) is 0 Å². The topological polar surface area (TPSA) is 234 Å². The number of hydrogen-bond donors (Lipinski definition) is 2. The van der Waals surface area contributed by atoms with Crippen molar-refractivity contribution in [1.29, 1.82) is 0 Å². The molecule has 1 aliphatic heterocycles. The van der Waals surface area contributed by atoms with Crippen molar-refractivity contribution in [2.45, 2.75) is 12.1 Å². The Hall–Kier alpha value is -1.31. The van der Waals surface area contributed by atoms with Crippen LogP contribution in [0.1, 0.15) is 5.69 Å². The number of nitrogens with one attached hydrogen (secondary N) is 1. The Balaban J connectivity index is 0.00000450. The third kappa shape index (κ3) is 7.09. The molecule has 1 saturated heterocycles. The number of rotatable bonds is 8. The molecule has 1 aromatic heterocycles. The average molecular weight is 495 g/mol. The Labute approximate surface area is 222 Å². The summed E-state index contributed by atoms with van der Waals surface area (Å²) in [5, 5.41) is 17.0. The molecule has 0 radical (unpaired) electrons. The molecule has 2 amide bonds. The molecule has 0 aromatic carbocycles. The standard InChI is InChI=1S/C12H13N5O10S2.2Na/c1-26-11(22)8-7(10(21)17(8)29(23,24)25)15-9(20)6(16-27-2-5(18)19)4-3-28-12(13)14-4;;/h3,7-8H,2H2,1H3,(H2,13,14)(H,15,20)(H,18,19)(H,23,24,25);;/q;2*+1/p-2/b16-6-;;/t7-,8-;;/m1../s1. The number of nitrogen functional groups attached to an aromatic ring is 1. The number of carboxylic acid groups (broad SMARTS) is 1. The van der Waals surface area contributed by atoms with Crippen LogP contribution in [0.4, 0.5) is 5.13 Å². The van der Waals surface area contributed by atoms with Crippen LogP contribution in [-0.4, -0.2) is 77.5 Å². The van der Waals surface area contributed by atoms with Gasteiger partial charge in [-0.25, -0.2) is 22.5 Å². The Kier molecular flexibility index (Phi) is 11.6. The number of nitrogens with zero attached hydrogens (tertiary/aromatic N) is 3. The minimum atomic E-state index is -5.35. The Morgan fingerprint density at radius 2 is 2.00 bits per heavy atom. The van der Waals surface area contributed by atoms with E-state index in [4.69, 9.17) is 5.73 Å². The summed E-state index contributed by atoms with van der Waals surface area (Å²) in [4.78, 5) is 54.8. The first-order valence-electron chi connectivity index (χ1n) is 7.26. The van der Waals surface area contributed by atoms with Gasteiger partial charge < -0.3 is 35.1 Å². The molecule has 2 rings (SSSR count). The van der Waals surface area contributed by atoms with Crippen LogP contribution in [-0.2, 0) is 39.1 Å². The number of hydrogen-bond acceptors (Lipinski definition) is 14. The normalized spacial score (nSPS) is 18.1. The van der Waals surface area contributed by atoms with Crippen LogP contribution in [0.5, 0.6) is 0 Å². The van der Waals surface area contributed by atoms with Gasteiger partial charge in [-0.1, -0.05) is 5.16 Å². The first-order chi connectivity index (χ1) is 13.5. The summed E-state index contributed by atoms with van der Waals surface area (Å²) >= 11 is 0.894. The van der Waals surface area contributed by atoms with Gasteiger partial charge in [-0.05, 0) is 0 Å². The van der Waals surface area contributed by atoms with E-state index in [-0.39, 0.29) is 74.2 Å². The fourth-order valence-corrected chi connectivity index (χ4v) is 3.53. The van der Waals surface area contributed by atoms with Gasteiger partial charge in [0.05, 0.1) is 13.1 Å². The maximum Gasteiger partial charge on any atom is 1.00 e. The Morgan fingerprint density at radius 3 is 2.45 bits per heavy atom. The summed E-state index contributed by atoms with van der Waals surface area (Å²) < 4.78 is 37.5. The summed E-state index contributed by atoms with van der Waals surface area (Å²) in [5.41, 5.74) is 4.64. The molecule has 0 spiro atoms. The first-order valence-corrected chi connectivity index (χ1v) is 9.50. The average Bonchev–Trinajstić information content (AvgIpc) is 3.04. The SMILES string of the molecule is COC(=O)[C@H]1[C@@H](NC(=O)/C(=N\OCC(=O)[O-])c2csc(N)n2)C(=O)N1S(=O)(=O)[O-].[Na+].[Na+]. The van der Waals surface area contributed by atoms with E-state index in [1.54, 1.807) is 0 Å². The van der Waals surface area contributed by atoms with Gasteiger partial charge in [0, 0.05) is 5.38 Å². The molecular weight excluding hydrogens is 484 g/mol. The second-order valence-electron chi connectivity index (χ2n) is 5.17. The fraction of sp³-hybridized carbons (Fsp3) is 0.333. The maximum absolute atomic E-state index is 12.5. The zero-order chi connectivity index (χ0) is 21.9. The zero-order valence-corrected chi connectivity index (χ0v) is 21.9. The molecule has 1 aromatic rings. The minimum absolute atomic E-state index is 0. The van der Waals surface area contributed by atoms with Crippen molar-refractivity contribution in [1.82, 2.24) is 14.6 Å². The van der Waals surface area contributed by atoms with E-state index in [0.717, 1.165) is 18.4 Å².